The van der Waals surface area contributed by atoms with Gasteiger partial charge in [0.1, 0.15) is 34.0 Å². The lowest BCUT2D eigenvalue weighted by Gasteiger charge is -2.27. The first-order valence-corrected chi connectivity index (χ1v) is 9.55. The Labute approximate surface area is 172 Å². The third-order valence-electron chi connectivity index (χ3n) is 5.44. The fourth-order valence-electron chi connectivity index (χ4n) is 3.64. The first-order valence-electron chi connectivity index (χ1n) is 9.55. The Bertz CT molecular complexity index is 1160. The first kappa shape index (κ1) is 21.6. The van der Waals surface area contributed by atoms with E-state index in [1.165, 1.54) is 20.8 Å². The summed E-state index contributed by atoms with van der Waals surface area (Å²) in [5.41, 5.74) is -3.57. The number of phenolic OH excluding ortho intramolecular Hbond substituents is 2. The zero-order chi connectivity index (χ0) is 22.9. The fraction of sp³-hybridized carbons (Fsp3) is 0.409. The summed E-state index contributed by atoms with van der Waals surface area (Å²) in [6, 6.07) is 0. The molecule has 30 heavy (non-hydrogen) atoms. The number of aliphatic hydroxyl groups excluding tert-OH is 1. The zero-order valence-corrected chi connectivity index (χ0v) is 17.6. The number of hydrogen-bond donors (Lipinski definition) is 4. The van der Waals surface area contributed by atoms with Gasteiger partial charge in [-0.25, -0.2) is 0 Å². The standard InChI is InChI=1S/C22H24O8/c1-7(2)14(23)12-16(25)9(5)19-10(17(12)26)11-18(27)13(15(24)8(3)4)20(28)22(6,29)21(11)30-19/h7-8,25-27,29H,1-6H3. The summed E-state index contributed by atoms with van der Waals surface area (Å²) >= 11 is 0. The number of fused-ring (bicyclic) bond motifs is 3. The van der Waals surface area contributed by atoms with Gasteiger partial charge in [0.2, 0.25) is 5.78 Å². The van der Waals surface area contributed by atoms with Gasteiger partial charge in [0.15, 0.2) is 22.9 Å². The van der Waals surface area contributed by atoms with Gasteiger partial charge in [-0.05, 0) is 13.8 Å². The largest absolute Gasteiger partial charge is 0.507 e. The number of aliphatic hydroxyl groups is 2. The summed E-state index contributed by atoms with van der Waals surface area (Å²) in [7, 11) is 0. The normalized spacial score (nSPS) is 19.2. The van der Waals surface area contributed by atoms with Crippen LogP contribution in [-0.2, 0) is 15.2 Å². The number of aromatic hydroxyl groups is 2. The van der Waals surface area contributed by atoms with Crippen molar-refractivity contribution in [3.05, 3.63) is 28.0 Å². The third kappa shape index (κ3) is 2.67. The minimum atomic E-state index is -2.31. The van der Waals surface area contributed by atoms with Crippen LogP contribution in [0, 0.1) is 18.8 Å². The van der Waals surface area contributed by atoms with Crippen molar-refractivity contribution in [2.45, 2.75) is 47.1 Å². The number of rotatable bonds is 4. The lowest BCUT2D eigenvalue weighted by Crippen LogP contribution is -2.40. The molecule has 0 fully saturated rings. The van der Waals surface area contributed by atoms with Crippen molar-refractivity contribution in [3.8, 4) is 11.5 Å². The van der Waals surface area contributed by atoms with Gasteiger partial charge >= 0.3 is 0 Å². The molecule has 0 saturated heterocycles. The maximum absolute atomic E-state index is 12.8. The molecule has 1 aromatic heterocycles. The number of hydrogen-bond acceptors (Lipinski definition) is 8. The quantitative estimate of drug-likeness (QED) is 0.439. The summed E-state index contributed by atoms with van der Waals surface area (Å²) in [6.07, 6.45) is 0. The SMILES string of the molecule is Cc1c(O)c(C(=O)C(C)C)c(O)c2c3c(oc12)C(C)(O)C(=O)C(C(=O)C(C)C)=C3O. The van der Waals surface area contributed by atoms with E-state index >= 15 is 0 Å². The van der Waals surface area contributed by atoms with Gasteiger partial charge < -0.3 is 24.8 Å². The smallest absolute Gasteiger partial charge is 0.209 e. The van der Waals surface area contributed by atoms with Gasteiger partial charge in [0.25, 0.3) is 0 Å². The molecule has 0 amide bonds. The number of carbonyl (C=O) groups excluding carboxylic acids is 3. The highest BCUT2D eigenvalue weighted by molar-refractivity contribution is 6.30. The van der Waals surface area contributed by atoms with Crippen LogP contribution in [0.3, 0.4) is 0 Å². The molecule has 3 rings (SSSR count). The Morgan fingerprint density at radius 3 is 2.00 bits per heavy atom. The molecule has 1 unspecified atom stereocenters. The molecule has 1 aromatic carbocycles. The lowest BCUT2D eigenvalue weighted by atomic mass is 9.79. The second kappa shape index (κ2) is 6.70. The molecule has 1 aliphatic carbocycles. The molecule has 1 aliphatic rings. The average Bonchev–Trinajstić information content (AvgIpc) is 3.07. The highest BCUT2D eigenvalue weighted by atomic mass is 16.4. The van der Waals surface area contributed by atoms with Crippen molar-refractivity contribution in [1.82, 2.24) is 0 Å². The van der Waals surface area contributed by atoms with Crippen molar-refractivity contribution >= 4 is 34.1 Å². The van der Waals surface area contributed by atoms with Crippen LogP contribution < -0.4 is 0 Å². The first-order chi connectivity index (χ1) is 13.7. The van der Waals surface area contributed by atoms with E-state index in [4.69, 9.17) is 4.42 Å². The van der Waals surface area contributed by atoms with Crippen LogP contribution in [-0.4, -0.2) is 37.8 Å². The topological polar surface area (TPSA) is 145 Å². The summed E-state index contributed by atoms with van der Waals surface area (Å²) in [4.78, 5) is 38.0. The van der Waals surface area contributed by atoms with Crippen LogP contribution in [0.15, 0.2) is 9.99 Å². The number of ketones is 3. The van der Waals surface area contributed by atoms with E-state index in [1.807, 2.05) is 0 Å². The average molecular weight is 416 g/mol. The molecule has 0 saturated carbocycles. The molecule has 0 spiro atoms. The highest BCUT2D eigenvalue weighted by Gasteiger charge is 2.50. The molecule has 0 radical (unpaired) electrons. The van der Waals surface area contributed by atoms with Crippen molar-refractivity contribution in [3.63, 3.8) is 0 Å². The predicted octanol–water partition coefficient (Wildman–Crippen LogP) is 3.28. The Balaban J connectivity index is 2.55. The van der Waals surface area contributed by atoms with Crippen LogP contribution in [0.5, 0.6) is 11.5 Å². The van der Waals surface area contributed by atoms with Gasteiger partial charge in [-0.15, -0.1) is 0 Å². The van der Waals surface area contributed by atoms with Crippen LogP contribution in [0.1, 0.15) is 61.9 Å². The van der Waals surface area contributed by atoms with E-state index in [-0.39, 0.29) is 33.4 Å². The van der Waals surface area contributed by atoms with E-state index in [9.17, 15) is 34.8 Å². The van der Waals surface area contributed by atoms with Gasteiger partial charge in [0, 0.05) is 17.4 Å². The van der Waals surface area contributed by atoms with Crippen molar-refractivity contribution in [1.29, 1.82) is 0 Å². The molecule has 160 valence electrons. The van der Waals surface area contributed by atoms with E-state index in [2.05, 4.69) is 0 Å². The maximum atomic E-state index is 12.8. The summed E-state index contributed by atoms with van der Waals surface area (Å²) in [5.74, 6) is -5.79. The molecule has 2 aromatic rings. The van der Waals surface area contributed by atoms with Gasteiger partial charge in [0.05, 0.1) is 10.9 Å². The molecule has 1 heterocycles. The predicted molar refractivity (Wildman–Crippen MR) is 107 cm³/mol. The molecule has 4 N–H and O–H groups in total. The number of Topliss-reactive ketones (excluding diaryl/α,β-unsaturated/α-hetero) is 3. The number of furan rings is 1. The molecule has 1 atom stereocenters. The van der Waals surface area contributed by atoms with E-state index < -0.39 is 57.6 Å². The summed E-state index contributed by atoms with van der Waals surface area (Å²) < 4.78 is 5.62. The number of phenols is 2. The van der Waals surface area contributed by atoms with Crippen molar-refractivity contribution < 1.29 is 39.2 Å². The highest BCUT2D eigenvalue weighted by Crippen LogP contribution is 2.50. The Hall–Kier alpha value is -3.13. The van der Waals surface area contributed by atoms with Gasteiger partial charge in [-0.1, -0.05) is 27.7 Å². The zero-order valence-electron chi connectivity index (χ0n) is 17.6. The molecule has 0 bridgehead atoms. The van der Waals surface area contributed by atoms with E-state index in [0.717, 1.165) is 6.92 Å². The summed E-state index contributed by atoms with van der Waals surface area (Å²) in [5, 5.41) is 43.0. The molecule has 8 heteroatoms. The molecule has 0 aliphatic heterocycles. The Morgan fingerprint density at radius 2 is 1.50 bits per heavy atom. The second-order valence-corrected chi connectivity index (χ2v) is 8.37. The molecule has 8 nitrogen and oxygen atoms in total. The van der Waals surface area contributed by atoms with Crippen LogP contribution in [0.2, 0.25) is 0 Å². The Kier molecular flexibility index (Phi) is 4.82. The van der Waals surface area contributed by atoms with Crippen LogP contribution in [0.4, 0.5) is 0 Å². The molecular weight excluding hydrogens is 392 g/mol. The van der Waals surface area contributed by atoms with Crippen molar-refractivity contribution in [2.75, 3.05) is 0 Å². The van der Waals surface area contributed by atoms with Crippen LogP contribution in [0.25, 0.3) is 16.7 Å². The summed E-state index contributed by atoms with van der Waals surface area (Å²) in [6.45, 7) is 8.79. The van der Waals surface area contributed by atoms with Crippen LogP contribution >= 0.6 is 0 Å². The van der Waals surface area contributed by atoms with E-state index in [0.29, 0.717) is 0 Å². The Morgan fingerprint density at radius 1 is 0.967 bits per heavy atom. The minimum Gasteiger partial charge on any atom is -0.507 e. The van der Waals surface area contributed by atoms with Gasteiger partial charge in [-0.2, -0.15) is 0 Å². The lowest BCUT2D eigenvalue weighted by molar-refractivity contribution is -0.136. The molecular formula is C22H24O8. The number of carbonyl (C=O) groups is 3. The maximum Gasteiger partial charge on any atom is 0.209 e. The van der Waals surface area contributed by atoms with Crippen molar-refractivity contribution in [2.24, 2.45) is 11.8 Å². The number of aryl methyl sites for hydroxylation is 1. The monoisotopic (exact) mass is 416 g/mol. The van der Waals surface area contributed by atoms with Gasteiger partial charge in [-0.3, -0.25) is 14.4 Å². The minimum absolute atomic E-state index is 0.0778. The number of benzene rings is 1. The van der Waals surface area contributed by atoms with E-state index in [1.54, 1.807) is 13.8 Å². The fourth-order valence-corrected chi connectivity index (χ4v) is 3.64. The third-order valence-corrected chi connectivity index (χ3v) is 5.44. The second-order valence-electron chi connectivity index (χ2n) is 8.37.